The Morgan fingerprint density at radius 2 is 2.12 bits per heavy atom. The van der Waals surface area contributed by atoms with Gasteiger partial charge in [-0.15, -0.1) is 0 Å². The van der Waals surface area contributed by atoms with Crippen LogP contribution in [0.1, 0.15) is 48.0 Å². The number of piperidine rings is 1. The zero-order chi connectivity index (χ0) is 16.6. The number of nitrogens with one attached hydrogen (secondary N) is 1. The molecule has 3 aliphatic rings. The Hall–Kier alpha value is -1.59. The summed E-state index contributed by atoms with van der Waals surface area (Å²) in [4.78, 5) is 14.9. The Bertz CT molecular complexity index is 623. The van der Waals surface area contributed by atoms with Gasteiger partial charge in [0.1, 0.15) is 0 Å². The van der Waals surface area contributed by atoms with Gasteiger partial charge >= 0.3 is 0 Å². The molecule has 1 aromatic carbocycles. The van der Waals surface area contributed by atoms with Gasteiger partial charge in [-0.3, -0.25) is 4.79 Å². The number of anilines is 1. The number of hydrogen-bond acceptors (Lipinski definition) is 4. The standard InChI is InChI=1S/C19H26N2O3/c22-16-7-3-13-24-19(16)8-11-21(12-9-19)18(23)15-6-1-4-14-5-2-10-20-17(14)15/h1,4,6,16,20,22H,2-3,5,7-13H2/t16-/m1/s1. The smallest absolute Gasteiger partial charge is 0.255 e. The van der Waals surface area contributed by atoms with Crippen molar-refractivity contribution in [1.82, 2.24) is 4.90 Å². The zero-order valence-electron chi connectivity index (χ0n) is 14.1. The predicted molar refractivity (Wildman–Crippen MR) is 92.3 cm³/mol. The molecule has 24 heavy (non-hydrogen) atoms. The third kappa shape index (κ3) is 2.70. The van der Waals surface area contributed by atoms with Gasteiger partial charge in [-0.05, 0) is 50.2 Å². The Morgan fingerprint density at radius 3 is 2.92 bits per heavy atom. The summed E-state index contributed by atoms with van der Waals surface area (Å²) < 4.78 is 5.94. The molecule has 0 radical (unpaired) electrons. The van der Waals surface area contributed by atoms with Crippen LogP contribution in [0.3, 0.4) is 0 Å². The van der Waals surface area contributed by atoms with E-state index in [-0.39, 0.29) is 5.91 Å². The molecule has 1 amide bonds. The maximum atomic E-state index is 13.0. The monoisotopic (exact) mass is 330 g/mol. The maximum absolute atomic E-state index is 13.0. The minimum Gasteiger partial charge on any atom is -0.390 e. The summed E-state index contributed by atoms with van der Waals surface area (Å²) in [6, 6.07) is 6.02. The highest BCUT2D eigenvalue weighted by atomic mass is 16.5. The summed E-state index contributed by atoms with van der Waals surface area (Å²) in [6.45, 7) is 2.96. The minimum atomic E-state index is -0.427. The van der Waals surface area contributed by atoms with E-state index in [1.54, 1.807) is 0 Å². The van der Waals surface area contributed by atoms with Gasteiger partial charge in [0.2, 0.25) is 0 Å². The normalized spacial score (nSPS) is 25.9. The van der Waals surface area contributed by atoms with Crippen LogP contribution in [0.15, 0.2) is 18.2 Å². The first-order chi connectivity index (χ1) is 11.7. The van der Waals surface area contributed by atoms with E-state index in [4.69, 9.17) is 4.74 Å². The fourth-order valence-corrected chi connectivity index (χ4v) is 4.34. The maximum Gasteiger partial charge on any atom is 0.255 e. The van der Waals surface area contributed by atoms with Crippen LogP contribution in [0.25, 0.3) is 0 Å². The SMILES string of the molecule is O=C(c1cccc2c1NCCC2)N1CCC2(CC1)OCCC[C@H]2O. The summed E-state index contributed by atoms with van der Waals surface area (Å²) in [6.07, 6.45) is 4.94. The van der Waals surface area contributed by atoms with Crippen molar-refractivity contribution in [2.24, 2.45) is 0 Å². The first-order valence-corrected chi connectivity index (χ1v) is 9.17. The lowest BCUT2D eigenvalue weighted by atomic mass is 9.82. The molecule has 3 aliphatic heterocycles. The van der Waals surface area contributed by atoms with Crippen LogP contribution < -0.4 is 5.32 Å². The van der Waals surface area contributed by atoms with Crippen molar-refractivity contribution in [2.45, 2.75) is 50.2 Å². The molecular weight excluding hydrogens is 304 g/mol. The van der Waals surface area contributed by atoms with Gasteiger partial charge in [0, 0.05) is 26.2 Å². The number of para-hydroxylation sites is 1. The summed E-state index contributed by atoms with van der Waals surface area (Å²) in [5, 5.41) is 13.7. The van der Waals surface area contributed by atoms with E-state index in [1.165, 1.54) is 5.56 Å². The van der Waals surface area contributed by atoms with Crippen molar-refractivity contribution >= 4 is 11.6 Å². The molecule has 1 aromatic rings. The van der Waals surface area contributed by atoms with Crippen LogP contribution in [0.5, 0.6) is 0 Å². The van der Waals surface area contributed by atoms with Gasteiger partial charge in [-0.2, -0.15) is 0 Å². The second-order valence-electron chi connectivity index (χ2n) is 7.23. The lowest BCUT2D eigenvalue weighted by Crippen LogP contribution is -2.56. The Morgan fingerprint density at radius 1 is 1.29 bits per heavy atom. The molecule has 2 N–H and O–H groups in total. The van der Waals surface area contributed by atoms with Crippen molar-refractivity contribution in [3.8, 4) is 0 Å². The number of carbonyl (C=O) groups is 1. The number of fused-ring (bicyclic) bond motifs is 1. The quantitative estimate of drug-likeness (QED) is 0.829. The molecule has 1 atom stereocenters. The van der Waals surface area contributed by atoms with Gasteiger partial charge in [0.25, 0.3) is 5.91 Å². The summed E-state index contributed by atoms with van der Waals surface area (Å²) in [7, 11) is 0. The number of amides is 1. The van der Waals surface area contributed by atoms with Gasteiger partial charge in [0.05, 0.1) is 23.0 Å². The highest BCUT2D eigenvalue weighted by Gasteiger charge is 2.44. The number of rotatable bonds is 1. The molecule has 3 heterocycles. The van der Waals surface area contributed by atoms with E-state index < -0.39 is 11.7 Å². The number of nitrogens with zero attached hydrogens (tertiary/aromatic N) is 1. The number of benzene rings is 1. The first kappa shape index (κ1) is 15.9. The lowest BCUT2D eigenvalue weighted by molar-refractivity contribution is -0.174. The highest BCUT2D eigenvalue weighted by molar-refractivity contribution is 6.00. The molecule has 0 saturated carbocycles. The summed E-state index contributed by atoms with van der Waals surface area (Å²) in [5.74, 6) is 0.0985. The third-order valence-corrected chi connectivity index (χ3v) is 5.82. The molecule has 0 aliphatic carbocycles. The van der Waals surface area contributed by atoms with E-state index in [9.17, 15) is 9.90 Å². The van der Waals surface area contributed by atoms with Crippen LogP contribution in [-0.4, -0.2) is 53.9 Å². The van der Waals surface area contributed by atoms with Gasteiger partial charge in [0.15, 0.2) is 0 Å². The number of aryl methyl sites for hydroxylation is 1. The number of ether oxygens (including phenoxy) is 1. The van der Waals surface area contributed by atoms with Crippen molar-refractivity contribution < 1.29 is 14.6 Å². The van der Waals surface area contributed by atoms with Crippen molar-refractivity contribution in [3.05, 3.63) is 29.3 Å². The molecule has 2 fully saturated rings. The molecule has 130 valence electrons. The van der Waals surface area contributed by atoms with E-state index in [2.05, 4.69) is 11.4 Å². The molecule has 0 unspecified atom stereocenters. The predicted octanol–water partition coefficient (Wildman–Crippen LogP) is 2.19. The van der Waals surface area contributed by atoms with Crippen molar-refractivity contribution in [2.75, 3.05) is 31.6 Å². The van der Waals surface area contributed by atoms with E-state index in [0.29, 0.717) is 13.1 Å². The zero-order valence-corrected chi connectivity index (χ0v) is 14.1. The Balaban J connectivity index is 1.49. The number of aliphatic hydroxyl groups excluding tert-OH is 1. The molecule has 1 spiro atoms. The lowest BCUT2D eigenvalue weighted by Gasteiger charge is -2.46. The van der Waals surface area contributed by atoms with Gasteiger partial charge < -0.3 is 20.1 Å². The first-order valence-electron chi connectivity index (χ1n) is 9.17. The van der Waals surface area contributed by atoms with E-state index in [1.807, 2.05) is 17.0 Å². The second-order valence-corrected chi connectivity index (χ2v) is 7.23. The molecular formula is C19H26N2O3. The molecule has 0 aromatic heterocycles. The Kier molecular flexibility index (Phi) is 4.22. The van der Waals surface area contributed by atoms with E-state index in [0.717, 1.165) is 62.9 Å². The minimum absolute atomic E-state index is 0.0985. The topological polar surface area (TPSA) is 61.8 Å². The van der Waals surface area contributed by atoms with Crippen molar-refractivity contribution in [1.29, 1.82) is 0 Å². The highest BCUT2D eigenvalue weighted by Crippen LogP contribution is 2.36. The fraction of sp³-hybridized carbons (Fsp3) is 0.632. The van der Waals surface area contributed by atoms with Crippen LogP contribution in [0, 0.1) is 0 Å². The fourth-order valence-electron chi connectivity index (χ4n) is 4.34. The van der Waals surface area contributed by atoms with Crippen LogP contribution in [-0.2, 0) is 11.2 Å². The number of carbonyl (C=O) groups excluding carboxylic acids is 1. The van der Waals surface area contributed by atoms with Crippen molar-refractivity contribution in [3.63, 3.8) is 0 Å². The van der Waals surface area contributed by atoms with Crippen LogP contribution >= 0.6 is 0 Å². The van der Waals surface area contributed by atoms with Crippen LogP contribution in [0.2, 0.25) is 0 Å². The summed E-state index contributed by atoms with van der Waals surface area (Å²) in [5.41, 5.74) is 2.62. The molecule has 0 bridgehead atoms. The molecule has 5 heteroatoms. The molecule has 5 nitrogen and oxygen atoms in total. The van der Waals surface area contributed by atoms with Gasteiger partial charge in [-0.1, -0.05) is 12.1 Å². The largest absolute Gasteiger partial charge is 0.390 e. The second kappa shape index (κ2) is 6.37. The number of likely N-dealkylation sites (tertiary alicyclic amines) is 1. The van der Waals surface area contributed by atoms with E-state index >= 15 is 0 Å². The average molecular weight is 330 g/mol. The Labute approximate surface area is 143 Å². The van der Waals surface area contributed by atoms with Crippen LogP contribution in [0.4, 0.5) is 5.69 Å². The number of aliphatic hydroxyl groups is 1. The average Bonchev–Trinajstić information content (AvgIpc) is 2.64. The third-order valence-electron chi connectivity index (χ3n) is 5.82. The number of hydrogen-bond donors (Lipinski definition) is 2. The van der Waals surface area contributed by atoms with Gasteiger partial charge in [-0.25, -0.2) is 0 Å². The molecule has 4 rings (SSSR count). The molecule has 2 saturated heterocycles. The summed E-state index contributed by atoms with van der Waals surface area (Å²) >= 11 is 0.